The number of fused-ring (bicyclic) bond motifs is 1. The minimum Gasteiger partial charge on any atom is -0.385 e. The maximum atomic E-state index is 11.6. The first kappa shape index (κ1) is 19.5. The molecule has 1 aliphatic heterocycles. The molecule has 1 aliphatic carbocycles. The summed E-state index contributed by atoms with van der Waals surface area (Å²) < 4.78 is 5.09. The Morgan fingerprint density at radius 3 is 2.64 bits per heavy atom. The predicted octanol–water partition coefficient (Wildman–Crippen LogP) is 3.09. The van der Waals surface area contributed by atoms with Gasteiger partial charge in [-0.25, -0.2) is 9.97 Å². The van der Waals surface area contributed by atoms with Gasteiger partial charge in [-0.3, -0.25) is 4.90 Å². The summed E-state index contributed by atoms with van der Waals surface area (Å²) in [6.45, 7) is 5.57. The van der Waals surface area contributed by atoms with Crippen LogP contribution in [0.3, 0.4) is 0 Å². The first-order chi connectivity index (χ1) is 13.6. The molecule has 0 unspecified atom stereocenters. The van der Waals surface area contributed by atoms with E-state index in [0.717, 1.165) is 55.8 Å². The second-order valence-electron chi connectivity index (χ2n) is 8.49. The van der Waals surface area contributed by atoms with Gasteiger partial charge < -0.3 is 9.84 Å². The lowest BCUT2D eigenvalue weighted by Gasteiger charge is -2.41. The quantitative estimate of drug-likeness (QED) is 0.833. The molecule has 28 heavy (non-hydrogen) atoms. The van der Waals surface area contributed by atoms with Crippen molar-refractivity contribution in [1.82, 2.24) is 14.9 Å². The van der Waals surface area contributed by atoms with E-state index in [4.69, 9.17) is 4.74 Å². The highest BCUT2D eigenvalue weighted by Gasteiger charge is 2.49. The van der Waals surface area contributed by atoms with E-state index in [0.29, 0.717) is 18.4 Å². The number of rotatable bonds is 6. The molecule has 3 atom stereocenters. The van der Waals surface area contributed by atoms with Crippen molar-refractivity contribution in [2.45, 2.75) is 44.8 Å². The normalized spacial score (nSPS) is 27.7. The third-order valence-electron chi connectivity index (χ3n) is 6.51. The first-order valence-corrected chi connectivity index (χ1v) is 10.4. The molecule has 0 bridgehead atoms. The molecule has 5 nitrogen and oxygen atoms in total. The second kappa shape index (κ2) is 8.27. The monoisotopic (exact) mass is 381 g/mol. The molecule has 2 heterocycles. The van der Waals surface area contributed by atoms with Crippen molar-refractivity contribution in [3.8, 4) is 0 Å². The number of aryl methyl sites for hydroxylation is 1. The van der Waals surface area contributed by atoms with Crippen LogP contribution >= 0.6 is 0 Å². The number of methoxy groups -OCH3 is 1. The molecule has 1 aromatic carbocycles. The molecule has 1 N–H and O–H groups in total. The third-order valence-corrected chi connectivity index (χ3v) is 6.51. The summed E-state index contributed by atoms with van der Waals surface area (Å²) >= 11 is 0. The molecule has 2 aliphatic rings. The number of aromatic nitrogens is 2. The molecule has 1 saturated carbocycles. The lowest BCUT2D eigenvalue weighted by Crippen LogP contribution is -2.42. The topological polar surface area (TPSA) is 58.5 Å². The van der Waals surface area contributed by atoms with E-state index in [2.05, 4.69) is 46.1 Å². The van der Waals surface area contributed by atoms with E-state index in [1.165, 1.54) is 12.0 Å². The van der Waals surface area contributed by atoms with Crippen LogP contribution in [-0.2, 0) is 23.3 Å². The van der Waals surface area contributed by atoms with Crippen molar-refractivity contribution in [2.24, 2.45) is 11.8 Å². The summed E-state index contributed by atoms with van der Waals surface area (Å²) in [5.74, 6) is 1.68. The average molecular weight is 382 g/mol. The van der Waals surface area contributed by atoms with Crippen LogP contribution in [0.25, 0.3) is 0 Å². The minimum absolute atomic E-state index is 0.297. The van der Waals surface area contributed by atoms with E-state index in [-0.39, 0.29) is 0 Å². The number of aliphatic hydroxyl groups is 1. The van der Waals surface area contributed by atoms with Crippen molar-refractivity contribution in [2.75, 3.05) is 26.8 Å². The van der Waals surface area contributed by atoms with Crippen molar-refractivity contribution in [3.05, 3.63) is 59.2 Å². The van der Waals surface area contributed by atoms with Gasteiger partial charge in [0.1, 0.15) is 5.82 Å². The summed E-state index contributed by atoms with van der Waals surface area (Å²) in [5, 5.41) is 11.6. The van der Waals surface area contributed by atoms with E-state index in [1.54, 1.807) is 7.11 Å². The predicted molar refractivity (Wildman–Crippen MR) is 109 cm³/mol. The van der Waals surface area contributed by atoms with Crippen molar-refractivity contribution in [1.29, 1.82) is 0 Å². The van der Waals surface area contributed by atoms with E-state index >= 15 is 0 Å². The highest BCUT2D eigenvalue weighted by atomic mass is 16.5. The fourth-order valence-electron chi connectivity index (χ4n) is 4.99. The van der Waals surface area contributed by atoms with Crippen LogP contribution in [0.1, 0.15) is 41.8 Å². The number of likely N-dealkylation sites (tertiary alicyclic amines) is 1. The second-order valence-corrected chi connectivity index (χ2v) is 8.49. The molecule has 1 saturated heterocycles. The van der Waals surface area contributed by atoms with Crippen LogP contribution in [0.5, 0.6) is 0 Å². The first-order valence-electron chi connectivity index (χ1n) is 10.4. The summed E-state index contributed by atoms with van der Waals surface area (Å²) in [6.07, 6.45) is 7.79. The highest BCUT2D eigenvalue weighted by Crippen LogP contribution is 2.48. The number of benzene rings is 1. The summed E-state index contributed by atoms with van der Waals surface area (Å²) in [4.78, 5) is 11.4. The van der Waals surface area contributed by atoms with Gasteiger partial charge in [0, 0.05) is 57.0 Å². The SMILES string of the molecule is COCCc1ncc(CN2C[C@@H]3CCC[C@@](O)(c4ccc(C)cc4)[C@@H]3C2)cn1. The Kier molecular flexibility index (Phi) is 5.76. The van der Waals surface area contributed by atoms with E-state index < -0.39 is 5.60 Å². The van der Waals surface area contributed by atoms with Gasteiger partial charge in [0.25, 0.3) is 0 Å². The van der Waals surface area contributed by atoms with E-state index in [1.807, 2.05) is 12.4 Å². The van der Waals surface area contributed by atoms with Gasteiger partial charge in [0.2, 0.25) is 0 Å². The Morgan fingerprint density at radius 1 is 1.18 bits per heavy atom. The van der Waals surface area contributed by atoms with E-state index in [9.17, 15) is 5.11 Å². The van der Waals surface area contributed by atoms with Crippen molar-refractivity contribution in [3.63, 3.8) is 0 Å². The number of hydrogen-bond acceptors (Lipinski definition) is 5. The Morgan fingerprint density at radius 2 is 1.93 bits per heavy atom. The van der Waals surface area contributed by atoms with Gasteiger partial charge in [-0.1, -0.05) is 29.8 Å². The minimum atomic E-state index is -0.703. The zero-order valence-electron chi connectivity index (χ0n) is 17.0. The summed E-state index contributed by atoms with van der Waals surface area (Å²) in [7, 11) is 1.69. The summed E-state index contributed by atoms with van der Waals surface area (Å²) in [6, 6.07) is 8.47. The largest absolute Gasteiger partial charge is 0.385 e. The van der Waals surface area contributed by atoms with Crippen molar-refractivity contribution < 1.29 is 9.84 Å². The maximum Gasteiger partial charge on any atom is 0.130 e. The molecule has 5 heteroatoms. The molecule has 2 aromatic rings. The Bertz CT molecular complexity index is 777. The van der Waals surface area contributed by atoms with Crippen LogP contribution in [0.2, 0.25) is 0 Å². The van der Waals surface area contributed by atoms with Crippen LogP contribution < -0.4 is 0 Å². The smallest absolute Gasteiger partial charge is 0.130 e. The summed E-state index contributed by atoms with van der Waals surface area (Å²) in [5.41, 5.74) is 2.76. The molecular formula is C23H31N3O2. The average Bonchev–Trinajstić information content (AvgIpc) is 3.12. The maximum absolute atomic E-state index is 11.6. The number of ether oxygens (including phenoxy) is 1. The fraction of sp³-hybridized carbons (Fsp3) is 0.565. The Balaban J connectivity index is 1.44. The molecule has 0 spiro atoms. The lowest BCUT2D eigenvalue weighted by atomic mass is 9.67. The zero-order chi connectivity index (χ0) is 19.6. The van der Waals surface area contributed by atoms with Crippen LogP contribution in [-0.4, -0.2) is 46.8 Å². The molecule has 150 valence electrons. The fourth-order valence-corrected chi connectivity index (χ4v) is 4.99. The van der Waals surface area contributed by atoms with Gasteiger partial charge in [0.15, 0.2) is 0 Å². The van der Waals surface area contributed by atoms with Crippen LogP contribution in [0, 0.1) is 18.8 Å². The molecule has 1 aromatic heterocycles. The number of nitrogens with zero attached hydrogens (tertiary/aromatic N) is 3. The van der Waals surface area contributed by atoms with Gasteiger partial charge in [-0.2, -0.15) is 0 Å². The molecule has 4 rings (SSSR count). The molecular weight excluding hydrogens is 350 g/mol. The Labute approximate surface area is 167 Å². The van der Waals surface area contributed by atoms with Crippen molar-refractivity contribution >= 4 is 0 Å². The zero-order valence-corrected chi connectivity index (χ0v) is 17.0. The highest BCUT2D eigenvalue weighted by molar-refractivity contribution is 5.28. The molecule has 0 radical (unpaired) electrons. The number of hydrogen-bond donors (Lipinski definition) is 1. The molecule has 2 fully saturated rings. The third kappa shape index (κ3) is 3.97. The molecule has 0 amide bonds. The Hall–Kier alpha value is -1.82. The lowest BCUT2D eigenvalue weighted by molar-refractivity contribution is -0.0648. The standard InChI is InChI=1S/C23H31N3O2/c1-17-5-7-20(8-6-17)23(27)10-3-4-19-15-26(16-21(19)23)14-18-12-24-22(25-13-18)9-11-28-2/h5-8,12-13,19,21,27H,3-4,9-11,14-16H2,1-2H3/t19-,21+,23+/m0/s1. The van der Waals surface area contributed by atoms with Crippen LogP contribution in [0.15, 0.2) is 36.7 Å². The van der Waals surface area contributed by atoms with Gasteiger partial charge in [0.05, 0.1) is 12.2 Å². The van der Waals surface area contributed by atoms with Crippen LogP contribution in [0.4, 0.5) is 0 Å². The van der Waals surface area contributed by atoms with Gasteiger partial charge >= 0.3 is 0 Å². The van der Waals surface area contributed by atoms with Gasteiger partial charge in [-0.05, 0) is 37.7 Å². The van der Waals surface area contributed by atoms with Gasteiger partial charge in [-0.15, -0.1) is 0 Å².